The number of aromatic hydroxyl groups is 1. The lowest BCUT2D eigenvalue weighted by molar-refractivity contribution is -0.122. The Hall–Kier alpha value is -2.70. The predicted octanol–water partition coefficient (Wildman–Crippen LogP) is 2.63. The molecule has 0 unspecified atom stereocenters. The Kier molecular flexibility index (Phi) is 7.82. The van der Waals surface area contributed by atoms with E-state index in [2.05, 4.69) is 4.90 Å². The molecule has 1 aliphatic rings. The zero-order valence-corrected chi connectivity index (χ0v) is 18.5. The van der Waals surface area contributed by atoms with Gasteiger partial charge in [-0.25, -0.2) is 0 Å². The van der Waals surface area contributed by atoms with Gasteiger partial charge in [-0.1, -0.05) is 36.4 Å². The van der Waals surface area contributed by atoms with Crippen LogP contribution in [-0.2, 0) is 17.6 Å². The zero-order valence-electron chi connectivity index (χ0n) is 18.5. The molecule has 1 fully saturated rings. The van der Waals surface area contributed by atoms with E-state index in [1.54, 1.807) is 12.1 Å². The summed E-state index contributed by atoms with van der Waals surface area (Å²) in [5, 5.41) is 9.52. The molecule has 3 rings (SSSR count). The fourth-order valence-corrected chi connectivity index (χ4v) is 4.41. The second kappa shape index (κ2) is 10.6. The largest absolute Gasteiger partial charge is 0.508 e. The lowest BCUT2D eigenvalue weighted by atomic mass is 9.92. The first-order valence-corrected chi connectivity index (χ1v) is 11.0. The third-order valence-electron chi connectivity index (χ3n) is 6.16. The molecule has 0 spiro atoms. The summed E-state index contributed by atoms with van der Waals surface area (Å²) >= 11 is 0. The maximum Gasteiger partial charge on any atom is 0.234 e. The van der Waals surface area contributed by atoms with E-state index in [1.807, 2.05) is 55.4 Å². The number of primary amides is 1. The van der Waals surface area contributed by atoms with Crippen LogP contribution in [0.25, 0.3) is 0 Å². The van der Waals surface area contributed by atoms with Crippen LogP contribution in [0.5, 0.6) is 5.75 Å². The van der Waals surface area contributed by atoms with Gasteiger partial charge in [0.1, 0.15) is 5.75 Å². The molecule has 0 bridgehead atoms. The predicted molar refractivity (Wildman–Crippen MR) is 122 cm³/mol. The van der Waals surface area contributed by atoms with Crippen molar-refractivity contribution in [2.45, 2.75) is 44.2 Å². The van der Waals surface area contributed by atoms with Gasteiger partial charge in [0.15, 0.2) is 5.78 Å². The number of benzene rings is 2. The summed E-state index contributed by atoms with van der Waals surface area (Å²) in [5.74, 6) is 0.0828. The lowest BCUT2D eigenvalue weighted by Gasteiger charge is -2.25. The zero-order chi connectivity index (χ0) is 22.4. The maximum atomic E-state index is 13.5. The quantitative estimate of drug-likeness (QED) is 0.574. The molecular formula is C25H33N3O3. The monoisotopic (exact) mass is 423 g/mol. The summed E-state index contributed by atoms with van der Waals surface area (Å²) in [4.78, 5) is 29.2. The molecule has 1 aliphatic heterocycles. The van der Waals surface area contributed by atoms with Crippen molar-refractivity contribution >= 4 is 11.7 Å². The van der Waals surface area contributed by atoms with Crippen LogP contribution < -0.4 is 5.73 Å². The highest BCUT2D eigenvalue weighted by Crippen LogP contribution is 2.21. The topological polar surface area (TPSA) is 86.9 Å². The Morgan fingerprint density at radius 1 is 1.16 bits per heavy atom. The van der Waals surface area contributed by atoms with Gasteiger partial charge in [-0.2, -0.15) is 0 Å². The van der Waals surface area contributed by atoms with Crippen molar-refractivity contribution in [2.75, 3.05) is 27.2 Å². The first-order valence-electron chi connectivity index (χ1n) is 11.0. The number of likely N-dealkylation sites (N-methyl/N-ethyl adjacent to an activating group) is 1. The van der Waals surface area contributed by atoms with Crippen molar-refractivity contribution in [2.24, 2.45) is 5.73 Å². The van der Waals surface area contributed by atoms with Crippen molar-refractivity contribution in [1.29, 1.82) is 0 Å². The van der Waals surface area contributed by atoms with Gasteiger partial charge < -0.3 is 10.8 Å². The van der Waals surface area contributed by atoms with Crippen molar-refractivity contribution in [3.05, 3.63) is 65.2 Å². The number of phenolic OH excluding ortho intramolecular Hbond substituents is 1. The molecule has 31 heavy (non-hydrogen) atoms. The van der Waals surface area contributed by atoms with E-state index < -0.39 is 0 Å². The summed E-state index contributed by atoms with van der Waals surface area (Å²) in [7, 11) is 3.84. The number of nitrogens with two attached hydrogens (primary N) is 1. The third-order valence-corrected chi connectivity index (χ3v) is 6.16. The first-order chi connectivity index (χ1) is 14.9. The van der Waals surface area contributed by atoms with Crippen molar-refractivity contribution in [3.63, 3.8) is 0 Å². The first kappa shape index (κ1) is 23.0. The number of carbonyl (C=O) groups is 2. The molecule has 2 atom stereocenters. The number of Topliss-reactive ketones (excluding diaryl/α,β-unsaturated/α-hetero) is 1. The molecule has 0 radical (unpaired) electrons. The Bertz CT molecular complexity index is 895. The minimum Gasteiger partial charge on any atom is -0.508 e. The molecule has 2 aromatic carbocycles. The highest BCUT2D eigenvalue weighted by atomic mass is 16.3. The smallest absolute Gasteiger partial charge is 0.234 e. The molecule has 3 N–H and O–H groups in total. The van der Waals surface area contributed by atoms with Crippen molar-refractivity contribution in [1.82, 2.24) is 9.80 Å². The number of hydrogen-bond donors (Lipinski definition) is 2. The Morgan fingerprint density at radius 3 is 2.55 bits per heavy atom. The van der Waals surface area contributed by atoms with E-state index >= 15 is 0 Å². The van der Waals surface area contributed by atoms with Gasteiger partial charge in [-0.15, -0.1) is 0 Å². The van der Waals surface area contributed by atoms with Gasteiger partial charge in [0.2, 0.25) is 5.91 Å². The van der Waals surface area contributed by atoms with Gasteiger partial charge in [-0.3, -0.25) is 19.4 Å². The van der Waals surface area contributed by atoms with Crippen LogP contribution >= 0.6 is 0 Å². The molecule has 1 amide bonds. The number of amides is 1. The number of aryl methyl sites for hydroxylation is 1. The number of hydrogen-bond acceptors (Lipinski definition) is 5. The van der Waals surface area contributed by atoms with Gasteiger partial charge in [0, 0.05) is 5.56 Å². The summed E-state index contributed by atoms with van der Waals surface area (Å²) in [6.07, 6.45) is 4.08. The van der Waals surface area contributed by atoms with Gasteiger partial charge in [-0.05, 0) is 82.5 Å². The van der Waals surface area contributed by atoms with E-state index in [-0.39, 0.29) is 29.5 Å². The summed E-state index contributed by atoms with van der Waals surface area (Å²) in [6.45, 7) is 1.71. The maximum absolute atomic E-state index is 13.5. The fraction of sp³-hybridized carbons (Fsp3) is 0.440. The van der Waals surface area contributed by atoms with E-state index in [0.717, 1.165) is 55.5 Å². The molecule has 1 saturated heterocycles. The minimum atomic E-state index is -0.288. The van der Waals surface area contributed by atoms with E-state index in [0.29, 0.717) is 6.42 Å². The molecular weight excluding hydrogens is 390 g/mol. The van der Waals surface area contributed by atoms with Gasteiger partial charge in [0.05, 0.1) is 12.1 Å². The van der Waals surface area contributed by atoms with Crippen LogP contribution in [-0.4, -0.2) is 65.9 Å². The van der Waals surface area contributed by atoms with Crippen molar-refractivity contribution in [3.8, 4) is 5.75 Å². The second-order valence-corrected chi connectivity index (χ2v) is 8.57. The molecule has 6 heteroatoms. The van der Waals surface area contributed by atoms with Crippen LogP contribution in [0.4, 0.5) is 0 Å². The minimum absolute atomic E-state index is 0.102. The standard InChI is InChI=1S/C25H33N3O3/c1-27(2)23(17-18-11-13-20(29)14-12-18)24(30)21-9-4-3-7-19(21)8-5-15-28-16-6-10-22(28)25(26)31/h3-4,7,9,11-14,22-23,29H,5-6,8,10,15-17H2,1-2H3,(H2,26,31)/t22-,23-/m0/s1. The number of likely N-dealkylation sites (tertiary alicyclic amines) is 1. The highest BCUT2D eigenvalue weighted by Gasteiger charge is 2.28. The number of carbonyl (C=O) groups excluding carboxylic acids is 2. The average Bonchev–Trinajstić information content (AvgIpc) is 3.22. The Morgan fingerprint density at radius 2 is 1.87 bits per heavy atom. The van der Waals surface area contributed by atoms with E-state index in [4.69, 9.17) is 5.73 Å². The Labute approximate surface area is 184 Å². The number of ketones is 1. The molecule has 0 saturated carbocycles. The van der Waals surface area contributed by atoms with Gasteiger partial charge >= 0.3 is 0 Å². The molecule has 0 aromatic heterocycles. The van der Waals surface area contributed by atoms with Gasteiger partial charge in [0.25, 0.3) is 0 Å². The fourth-order valence-electron chi connectivity index (χ4n) is 4.41. The summed E-state index contributed by atoms with van der Waals surface area (Å²) in [6, 6.07) is 14.4. The molecule has 166 valence electrons. The Balaban J connectivity index is 1.69. The van der Waals surface area contributed by atoms with Crippen LogP contribution in [0.15, 0.2) is 48.5 Å². The third kappa shape index (κ3) is 5.93. The highest BCUT2D eigenvalue weighted by molar-refractivity contribution is 6.01. The number of phenols is 1. The molecule has 0 aliphatic carbocycles. The average molecular weight is 424 g/mol. The second-order valence-electron chi connectivity index (χ2n) is 8.57. The van der Waals surface area contributed by atoms with E-state index in [9.17, 15) is 14.7 Å². The lowest BCUT2D eigenvalue weighted by Crippen LogP contribution is -2.40. The summed E-state index contributed by atoms with van der Waals surface area (Å²) < 4.78 is 0. The van der Waals surface area contributed by atoms with Crippen LogP contribution in [0, 0.1) is 0 Å². The normalized spacial score (nSPS) is 17.7. The summed E-state index contributed by atoms with van der Waals surface area (Å²) in [5.41, 5.74) is 8.33. The molecule has 2 aromatic rings. The van der Waals surface area contributed by atoms with Crippen LogP contribution in [0.2, 0.25) is 0 Å². The SMILES string of the molecule is CN(C)[C@@H](Cc1ccc(O)cc1)C(=O)c1ccccc1CCCN1CCC[C@H]1C(N)=O. The van der Waals surface area contributed by atoms with Crippen LogP contribution in [0.1, 0.15) is 40.7 Å². The molecule has 6 nitrogen and oxygen atoms in total. The molecule has 1 heterocycles. The number of rotatable bonds is 10. The van der Waals surface area contributed by atoms with E-state index in [1.165, 1.54) is 0 Å². The van der Waals surface area contributed by atoms with Crippen LogP contribution in [0.3, 0.4) is 0 Å². The van der Waals surface area contributed by atoms with Crippen molar-refractivity contribution < 1.29 is 14.7 Å². The number of nitrogens with zero attached hydrogens (tertiary/aromatic N) is 2.